The van der Waals surface area contributed by atoms with Gasteiger partial charge in [0, 0.05) is 44.2 Å². The molecular formula is C30H40N4O3. The molecule has 1 aromatic heterocycles. The molecule has 1 fully saturated rings. The SMILES string of the molecule is COCc1ccc2c(C(N)=O)cc(=O)n(CCN3CCC(NCc4ccc(C(C)(C)C)cc4)CC3)c2c1. The molecule has 0 radical (unpaired) electrons. The minimum Gasteiger partial charge on any atom is -0.380 e. The summed E-state index contributed by atoms with van der Waals surface area (Å²) in [6.45, 7) is 11.3. The van der Waals surface area contributed by atoms with E-state index in [1.807, 2.05) is 18.2 Å². The summed E-state index contributed by atoms with van der Waals surface area (Å²) >= 11 is 0. The van der Waals surface area contributed by atoms with E-state index in [1.165, 1.54) is 17.2 Å². The number of carbonyl (C=O) groups is 1. The second-order valence-electron chi connectivity index (χ2n) is 11.1. The van der Waals surface area contributed by atoms with Crippen LogP contribution in [0.3, 0.4) is 0 Å². The Morgan fingerprint density at radius 1 is 1.03 bits per heavy atom. The number of benzene rings is 2. The third-order valence-electron chi connectivity index (χ3n) is 7.40. The van der Waals surface area contributed by atoms with Crippen molar-refractivity contribution in [3.8, 4) is 0 Å². The maximum atomic E-state index is 12.9. The number of pyridine rings is 1. The van der Waals surface area contributed by atoms with Crippen molar-refractivity contribution >= 4 is 16.8 Å². The molecule has 2 aromatic carbocycles. The zero-order chi connectivity index (χ0) is 26.6. The Morgan fingerprint density at radius 3 is 2.32 bits per heavy atom. The fraction of sp³-hybridized carbons (Fsp3) is 0.467. The predicted molar refractivity (Wildman–Crippen MR) is 149 cm³/mol. The molecule has 0 atom stereocenters. The standard InChI is InChI=1S/C30H40N4O3/c1-30(2,3)23-8-5-21(6-9-23)19-32-24-11-13-33(14-12-24)15-16-34-27-17-22(20-37-4)7-10-25(27)26(29(31)36)18-28(34)35/h5-10,17-18,24,32H,11-16,19-20H2,1-4H3,(H2,31,36). The summed E-state index contributed by atoms with van der Waals surface area (Å²) in [5.41, 5.74) is 10.1. The van der Waals surface area contributed by atoms with E-state index in [0.717, 1.165) is 50.1 Å². The van der Waals surface area contributed by atoms with Crippen LogP contribution in [0.2, 0.25) is 0 Å². The molecule has 1 saturated heterocycles. The highest BCUT2D eigenvalue weighted by Crippen LogP contribution is 2.23. The van der Waals surface area contributed by atoms with Gasteiger partial charge in [0.2, 0.25) is 5.91 Å². The number of carbonyl (C=O) groups excluding carboxylic acids is 1. The van der Waals surface area contributed by atoms with E-state index in [9.17, 15) is 9.59 Å². The van der Waals surface area contributed by atoms with Crippen molar-refractivity contribution < 1.29 is 9.53 Å². The number of nitrogens with one attached hydrogen (secondary N) is 1. The Bertz CT molecular complexity index is 1280. The molecule has 0 bridgehead atoms. The quantitative estimate of drug-likeness (QED) is 0.463. The predicted octanol–water partition coefficient (Wildman–Crippen LogP) is 3.80. The van der Waals surface area contributed by atoms with Gasteiger partial charge >= 0.3 is 0 Å². The summed E-state index contributed by atoms with van der Waals surface area (Å²) < 4.78 is 7.02. The fourth-order valence-electron chi connectivity index (χ4n) is 5.10. The summed E-state index contributed by atoms with van der Waals surface area (Å²) in [5, 5.41) is 4.42. The van der Waals surface area contributed by atoms with E-state index in [4.69, 9.17) is 10.5 Å². The molecule has 37 heavy (non-hydrogen) atoms. The lowest BCUT2D eigenvalue weighted by molar-refractivity contribution is 0.100. The molecule has 7 heteroatoms. The van der Waals surface area contributed by atoms with Gasteiger partial charge in [-0.1, -0.05) is 57.2 Å². The van der Waals surface area contributed by atoms with Gasteiger partial charge in [-0.2, -0.15) is 0 Å². The van der Waals surface area contributed by atoms with Gasteiger partial charge in [-0.05, 0) is 54.1 Å². The lowest BCUT2D eigenvalue weighted by Gasteiger charge is -2.32. The number of piperidine rings is 1. The van der Waals surface area contributed by atoms with Crippen molar-refractivity contribution in [3.05, 3.63) is 81.1 Å². The molecular weight excluding hydrogens is 464 g/mol. The summed E-state index contributed by atoms with van der Waals surface area (Å²) in [4.78, 5) is 27.3. The Morgan fingerprint density at radius 2 is 1.70 bits per heavy atom. The minimum absolute atomic E-state index is 0.173. The van der Waals surface area contributed by atoms with E-state index >= 15 is 0 Å². The van der Waals surface area contributed by atoms with E-state index < -0.39 is 5.91 Å². The Labute approximate surface area is 219 Å². The molecule has 3 aromatic rings. The number of hydrogen-bond acceptors (Lipinski definition) is 5. The van der Waals surface area contributed by atoms with Crippen molar-refractivity contribution in [2.45, 2.75) is 64.8 Å². The molecule has 1 aliphatic heterocycles. The molecule has 0 saturated carbocycles. The van der Waals surface area contributed by atoms with Crippen molar-refractivity contribution in [1.82, 2.24) is 14.8 Å². The van der Waals surface area contributed by atoms with Crippen molar-refractivity contribution in [2.75, 3.05) is 26.7 Å². The van der Waals surface area contributed by atoms with Crippen LogP contribution in [0.15, 0.2) is 53.3 Å². The van der Waals surface area contributed by atoms with Crippen LogP contribution < -0.4 is 16.6 Å². The summed E-state index contributed by atoms with van der Waals surface area (Å²) in [6, 6.07) is 16.5. The summed E-state index contributed by atoms with van der Waals surface area (Å²) in [5.74, 6) is -0.589. The van der Waals surface area contributed by atoms with Crippen LogP contribution in [-0.2, 0) is 29.8 Å². The molecule has 0 spiro atoms. The highest BCUT2D eigenvalue weighted by atomic mass is 16.5. The third kappa shape index (κ3) is 6.66. The first-order valence-corrected chi connectivity index (χ1v) is 13.2. The number of methoxy groups -OCH3 is 1. The summed E-state index contributed by atoms with van der Waals surface area (Å²) in [6.07, 6.45) is 2.16. The number of amides is 1. The first-order valence-electron chi connectivity index (χ1n) is 13.2. The van der Waals surface area contributed by atoms with Gasteiger partial charge in [-0.15, -0.1) is 0 Å². The molecule has 2 heterocycles. The topological polar surface area (TPSA) is 89.6 Å². The molecule has 198 valence electrons. The molecule has 3 N–H and O–H groups in total. The number of rotatable bonds is 9. The monoisotopic (exact) mass is 504 g/mol. The molecule has 7 nitrogen and oxygen atoms in total. The van der Waals surface area contributed by atoms with Crippen LogP contribution in [0.4, 0.5) is 0 Å². The highest BCUT2D eigenvalue weighted by Gasteiger charge is 2.20. The molecule has 0 aliphatic carbocycles. The summed E-state index contributed by atoms with van der Waals surface area (Å²) in [7, 11) is 1.64. The number of aromatic nitrogens is 1. The molecule has 4 rings (SSSR count). The van der Waals surface area contributed by atoms with Crippen LogP contribution in [0.1, 0.15) is 60.7 Å². The largest absolute Gasteiger partial charge is 0.380 e. The first-order chi connectivity index (χ1) is 17.7. The molecule has 1 amide bonds. The number of nitrogens with two attached hydrogens (primary N) is 1. The minimum atomic E-state index is -0.589. The van der Waals surface area contributed by atoms with Crippen molar-refractivity contribution in [1.29, 1.82) is 0 Å². The zero-order valence-corrected chi connectivity index (χ0v) is 22.5. The maximum Gasteiger partial charge on any atom is 0.251 e. The Balaban J connectivity index is 1.35. The average molecular weight is 505 g/mol. The average Bonchev–Trinajstić information content (AvgIpc) is 2.87. The fourth-order valence-corrected chi connectivity index (χ4v) is 5.10. The normalized spacial score (nSPS) is 15.4. The van der Waals surface area contributed by atoms with Crippen molar-refractivity contribution in [2.24, 2.45) is 5.73 Å². The lowest BCUT2D eigenvalue weighted by atomic mass is 9.87. The third-order valence-corrected chi connectivity index (χ3v) is 7.40. The van der Waals surface area contributed by atoms with E-state index in [1.54, 1.807) is 11.7 Å². The smallest absolute Gasteiger partial charge is 0.251 e. The zero-order valence-electron chi connectivity index (χ0n) is 22.5. The maximum absolute atomic E-state index is 12.9. The van der Waals surface area contributed by atoms with Crippen molar-refractivity contribution in [3.63, 3.8) is 0 Å². The number of likely N-dealkylation sites (tertiary alicyclic amines) is 1. The highest BCUT2D eigenvalue weighted by molar-refractivity contribution is 6.05. The molecule has 0 unspecified atom stereocenters. The lowest BCUT2D eigenvalue weighted by Crippen LogP contribution is -2.43. The number of hydrogen-bond donors (Lipinski definition) is 2. The second-order valence-corrected chi connectivity index (χ2v) is 11.1. The van der Waals surface area contributed by atoms with Gasteiger partial charge in [0.1, 0.15) is 0 Å². The number of ether oxygens (including phenoxy) is 1. The van der Waals surface area contributed by atoms with E-state index in [2.05, 4.69) is 55.3 Å². The van der Waals surface area contributed by atoms with Gasteiger partial charge in [-0.25, -0.2) is 0 Å². The van der Waals surface area contributed by atoms with Gasteiger partial charge in [0.15, 0.2) is 0 Å². The van der Waals surface area contributed by atoms with E-state index in [0.29, 0.717) is 24.6 Å². The van der Waals surface area contributed by atoms with E-state index in [-0.39, 0.29) is 16.5 Å². The van der Waals surface area contributed by atoms with Crippen LogP contribution in [0.5, 0.6) is 0 Å². The van der Waals surface area contributed by atoms with Crippen LogP contribution in [-0.4, -0.2) is 48.2 Å². The Hall–Kier alpha value is -3.00. The number of primary amides is 1. The number of nitrogens with zero attached hydrogens (tertiary/aromatic N) is 2. The van der Waals surface area contributed by atoms with Gasteiger partial charge in [-0.3, -0.25) is 9.59 Å². The van der Waals surface area contributed by atoms with Crippen LogP contribution in [0.25, 0.3) is 10.9 Å². The van der Waals surface area contributed by atoms with Crippen LogP contribution >= 0.6 is 0 Å². The van der Waals surface area contributed by atoms with Gasteiger partial charge in [0.05, 0.1) is 17.7 Å². The second kappa shape index (κ2) is 11.6. The Kier molecular flexibility index (Phi) is 8.47. The van der Waals surface area contributed by atoms with Crippen LogP contribution in [0, 0.1) is 0 Å². The number of fused-ring (bicyclic) bond motifs is 1. The first kappa shape index (κ1) is 27.0. The van der Waals surface area contributed by atoms with Gasteiger partial charge < -0.3 is 25.3 Å². The van der Waals surface area contributed by atoms with Gasteiger partial charge in [0.25, 0.3) is 5.56 Å². The molecule has 1 aliphatic rings.